The van der Waals surface area contributed by atoms with Gasteiger partial charge in [-0.2, -0.15) is 0 Å². The zero-order valence-corrected chi connectivity index (χ0v) is 10.0. The molecule has 0 fully saturated rings. The van der Waals surface area contributed by atoms with E-state index in [1.54, 1.807) is 0 Å². The molecular formula is C12H16ClNO2. The fourth-order valence-corrected chi connectivity index (χ4v) is 1.53. The smallest absolute Gasteiger partial charge is 0.407 e. The molecule has 0 bridgehead atoms. The first-order valence-corrected chi connectivity index (χ1v) is 5.79. The van der Waals surface area contributed by atoms with Crippen molar-refractivity contribution in [3.63, 3.8) is 0 Å². The van der Waals surface area contributed by atoms with Gasteiger partial charge in [0.15, 0.2) is 0 Å². The second-order valence-corrected chi connectivity index (χ2v) is 3.96. The number of hydrogen-bond acceptors (Lipinski definition) is 2. The molecule has 0 aliphatic heterocycles. The maximum atomic E-state index is 11.3. The Bertz CT molecular complexity index is 316. The zero-order chi connectivity index (χ0) is 11.8. The first-order valence-electron chi connectivity index (χ1n) is 5.25. The Kier molecular flexibility index (Phi) is 5.72. The predicted octanol–water partition coefficient (Wildman–Crippen LogP) is 2.93. The molecule has 16 heavy (non-hydrogen) atoms. The second kappa shape index (κ2) is 7.12. The van der Waals surface area contributed by atoms with Crippen molar-refractivity contribution in [1.82, 2.24) is 5.32 Å². The van der Waals surface area contributed by atoms with Crippen LogP contribution in [0.5, 0.6) is 0 Å². The summed E-state index contributed by atoms with van der Waals surface area (Å²) in [5.41, 5.74) is 0.975. The molecule has 1 aromatic carbocycles. The Labute approximate surface area is 101 Å². The number of hydrogen-bond donors (Lipinski definition) is 1. The number of carbonyl (C=O) groups is 1. The highest BCUT2D eigenvalue weighted by molar-refractivity contribution is 6.17. The second-order valence-electron chi connectivity index (χ2n) is 3.58. The van der Waals surface area contributed by atoms with Gasteiger partial charge in [0.2, 0.25) is 0 Å². The van der Waals surface area contributed by atoms with Crippen LogP contribution in [0.3, 0.4) is 0 Å². The Morgan fingerprint density at radius 1 is 1.44 bits per heavy atom. The fourth-order valence-electron chi connectivity index (χ4n) is 1.20. The SMILES string of the molecule is C[C@H](CCCl)NC(=O)OCc1ccccc1. The number of halogens is 1. The van der Waals surface area contributed by atoms with Gasteiger partial charge < -0.3 is 10.1 Å². The van der Waals surface area contributed by atoms with Gasteiger partial charge in [0.05, 0.1) is 0 Å². The summed E-state index contributed by atoms with van der Waals surface area (Å²) in [6.07, 6.45) is 0.337. The fraction of sp³-hybridized carbons (Fsp3) is 0.417. The highest BCUT2D eigenvalue weighted by Gasteiger charge is 2.07. The molecule has 1 rings (SSSR count). The van der Waals surface area contributed by atoms with E-state index in [-0.39, 0.29) is 6.04 Å². The molecule has 0 unspecified atom stereocenters. The third kappa shape index (κ3) is 5.03. The average Bonchev–Trinajstić information content (AvgIpc) is 2.28. The quantitative estimate of drug-likeness (QED) is 0.805. The highest BCUT2D eigenvalue weighted by Crippen LogP contribution is 2.01. The van der Waals surface area contributed by atoms with Crippen molar-refractivity contribution in [3.05, 3.63) is 35.9 Å². The van der Waals surface area contributed by atoms with Crippen LogP contribution in [0.2, 0.25) is 0 Å². The van der Waals surface area contributed by atoms with Crippen LogP contribution in [0.1, 0.15) is 18.9 Å². The summed E-state index contributed by atoms with van der Waals surface area (Å²) >= 11 is 5.56. The van der Waals surface area contributed by atoms with Crippen LogP contribution in [0.15, 0.2) is 30.3 Å². The largest absolute Gasteiger partial charge is 0.445 e. The van der Waals surface area contributed by atoms with Crippen LogP contribution >= 0.6 is 11.6 Å². The van der Waals surface area contributed by atoms with E-state index >= 15 is 0 Å². The average molecular weight is 242 g/mol. The monoisotopic (exact) mass is 241 g/mol. The van der Waals surface area contributed by atoms with Crippen molar-refractivity contribution < 1.29 is 9.53 Å². The predicted molar refractivity (Wildman–Crippen MR) is 64.6 cm³/mol. The van der Waals surface area contributed by atoms with Gasteiger partial charge in [-0.3, -0.25) is 0 Å². The van der Waals surface area contributed by atoms with Gasteiger partial charge in [-0.1, -0.05) is 30.3 Å². The minimum absolute atomic E-state index is 0.0424. The van der Waals surface area contributed by atoms with Gasteiger partial charge in [0.25, 0.3) is 0 Å². The zero-order valence-electron chi connectivity index (χ0n) is 9.28. The van der Waals surface area contributed by atoms with Gasteiger partial charge in [0.1, 0.15) is 6.61 Å². The Hall–Kier alpha value is -1.22. The third-order valence-corrected chi connectivity index (χ3v) is 2.34. The molecule has 0 radical (unpaired) electrons. The minimum atomic E-state index is -0.401. The van der Waals surface area contributed by atoms with Crippen LogP contribution < -0.4 is 5.32 Å². The van der Waals surface area contributed by atoms with Crippen molar-refractivity contribution in [3.8, 4) is 0 Å². The lowest BCUT2D eigenvalue weighted by Gasteiger charge is -2.12. The third-order valence-electron chi connectivity index (χ3n) is 2.12. The first-order chi connectivity index (χ1) is 7.72. The number of ether oxygens (including phenoxy) is 1. The molecule has 4 heteroatoms. The number of rotatable bonds is 5. The molecule has 0 aromatic heterocycles. The van der Waals surface area contributed by atoms with Crippen molar-refractivity contribution in [2.45, 2.75) is 26.0 Å². The summed E-state index contributed by atoms with van der Waals surface area (Å²) in [6, 6.07) is 9.61. The van der Waals surface area contributed by atoms with Gasteiger partial charge in [-0.15, -0.1) is 11.6 Å². The lowest BCUT2D eigenvalue weighted by Crippen LogP contribution is -2.33. The number of carbonyl (C=O) groups excluding carboxylic acids is 1. The molecule has 0 saturated carbocycles. The molecule has 1 amide bonds. The van der Waals surface area contributed by atoms with Crippen molar-refractivity contribution in [2.75, 3.05) is 5.88 Å². The van der Waals surface area contributed by atoms with E-state index in [0.29, 0.717) is 12.5 Å². The van der Waals surface area contributed by atoms with Gasteiger partial charge in [0, 0.05) is 11.9 Å². The molecule has 88 valence electrons. The lowest BCUT2D eigenvalue weighted by molar-refractivity contribution is 0.136. The normalized spacial score (nSPS) is 11.9. The van der Waals surface area contributed by atoms with Crippen LogP contribution in [0.25, 0.3) is 0 Å². The summed E-state index contributed by atoms with van der Waals surface area (Å²) in [7, 11) is 0. The molecule has 1 atom stereocenters. The Balaban J connectivity index is 2.25. The van der Waals surface area contributed by atoms with Crippen LogP contribution in [-0.2, 0) is 11.3 Å². The Morgan fingerprint density at radius 2 is 2.12 bits per heavy atom. The summed E-state index contributed by atoms with van der Waals surface area (Å²) in [5, 5.41) is 2.71. The molecule has 0 spiro atoms. The van der Waals surface area contributed by atoms with Crippen molar-refractivity contribution >= 4 is 17.7 Å². The number of benzene rings is 1. The van der Waals surface area contributed by atoms with Crippen LogP contribution in [0.4, 0.5) is 4.79 Å². The maximum Gasteiger partial charge on any atom is 0.407 e. The van der Waals surface area contributed by atoms with Crippen molar-refractivity contribution in [1.29, 1.82) is 0 Å². The van der Waals surface area contributed by atoms with E-state index in [2.05, 4.69) is 5.32 Å². The van der Waals surface area contributed by atoms with E-state index in [4.69, 9.17) is 16.3 Å². The van der Waals surface area contributed by atoms with Gasteiger partial charge in [-0.05, 0) is 18.9 Å². The molecule has 0 aliphatic rings. The van der Waals surface area contributed by atoms with E-state index in [1.807, 2.05) is 37.3 Å². The minimum Gasteiger partial charge on any atom is -0.445 e. The van der Waals surface area contributed by atoms with Gasteiger partial charge >= 0.3 is 6.09 Å². The lowest BCUT2D eigenvalue weighted by atomic mass is 10.2. The summed E-state index contributed by atoms with van der Waals surface area (Å²) in [4.78, 5) is 11.3. The van der Waals surface area contributed by atoms with E-state index in [0.717, 1.165) is 12.0 Å². The number of alkyl carbamates (subject to hydrolysis) is 1. The number of nitrogens with one attached hydrogen (secondary N) is 1. The molecule has 3 nitrogen and oxygen atoms in total. The maximum absolute atomic E-state index is 11.3. The summed E-state index contributed by atoms with van der Waals surface area (Å²) in [6.45, 7) is 2.19. The van der Waals surface area contributed by atoms with Gasteiger partial charge in [-0.25, -0.2) is 4.79 Å². The summed E-state index contributed by atoms with van der Waals surface area (Å²) < 4.78 is 5.05. The van der Waals surface area contributed by atoms with E-state index < -0.39 is 6.09 Å². The van der Waals surface area contributed by atoms with E-state index in [1.165, 1.54) is 0 Å². The molecule has 1 aromatic rings. The van der Waals surface area contributed by atoms with Crippen LogP contribution in [0, 0.1) is 0 Å². The molecule has 0 saturated heterocycles. The van der Waals surface area contributed by atoms with E-state index in [9.17, 15) is 4.79 Å². The highest BCUT2D eigenvalue weighted by atomic mass is 35.5. The number of amides is 1. The molecule has 1 N–H and O–H groups in total. The summed E-state index contributed by atoms with van der Waals surface area (Å²) in [5.74, 6) is 0.528. The first kappa shape index (κ1) is 12.8. The van der Waals surface area contributed by atoms with Crippen LogP contribution in [-0.4, -0.2) is 18.0 Å². The molecule has 0 heterocycles. The van der Waals surface area contributed by atoms with Crippen molar-refractivity contribution in [2.24, 2.45) is 0 Å². The standard InChI is InChI=1S/C12H16ClNO2/c1-10(7-8-13)14-12(15)16-9-11-5-3-2-4-6-11/h2-6,10H,7-9H2,1H3,(H,14,15)/t10-/m1/s1. The molecular weight excluding hydrogens is 226 g/mol. The number of alkyl halides is 1. The topological polar surface area (TPSA) is 38.3 Å². The molecule has 0 aliphatic carbocycles. The Morgan fingerprint density at radius 3 is 2.75 bits per heavy atom.